The van der Waals surface area contributed by atoms with Crippen LogP contribution in [0.15, 0.2) is 65.6 Å². The van der Waals surface area contributed by atoms with Gasteiger partial charge in [0.1, 0.15) is 5.82 Å². The molecule has 0 atom stereocenters. The van der Waals surface area contributed by atoms with E-state index in [1.807, 2.05) is 45.0 Å². The van der Waals surface area contributed by atoms with E-state index in [1.54, 1.807) is 24.4 Å². The summed E-state index contributed by atoms with van der Waals surface area (Å²) in [4.78, 5) is 25.2. The maximum Gasteiger partial charge on any atom is 0.408 e. The molecule has 0 unspecified atom stereocenters. The number of benzene rings is 2. The zero-order valence-corrected chi connectivity index (χ0v) is 18.4. The first-order valence-corrected chi connectivity index (χ1v) is 10.2. The van der Waals surface area contributed by atoms with Gasteiger partial charge in [-0.05, 0) is 55.7 Å². The van der Waals surface area contributed by atoms with Crippen LogP contribution < -0.4 is 5.56 Å². The molecule has 3 aromatic rings. The molecule has 0 aliphatic heterocycles. The van der Waals surface area contributed by atoms with Crippen molar-refractivity contribution in [2.24, 2.45) is 0 Å². The van der Waals surface area contributed by atoms with Gasteiger partial charge in [0.25, 0.3) is 5.56 Å². The molecule has 0 spiro atoms. The van der Waals surface area contributed by atoms with Crippen LogP contribution in [-0.2, 0) is 13.1 Å². The Kier molecular flexibility index (Phi) is 6.51. The summed E-state index contributed by atoms with van der Waals surface area (Å²) in [5, 5.41) is 9.78. The van der Waals surface area contributed by atoms with Gasteiger partial charge in [-0.3, -0.25) is 9.69 Å². The van der Waals surface area contributed by atoms with Gasteiger partial charge in [0.2, 0.25) is 0 Å². The lowest BCUT2D eigenvalue weighted by Gasteiger charge is -2.33. The first-order chi connectivity index (χ1) is 14.5. The lowest BCUT2D eigenvalue weighted by Crippen LogP contribution is -2.44. The van der Waals surface area contributed by atoms with Gasteiger partial charge in [0, 0.05) is 34.9 Å². The third kappa shape index (κ3) is 5.52. The largest absolute Gasteiger partial charge is 0.465 e. The summed E-state index contributed by atoms with van der Waals surface area (Å²) in [6.45, 7) is 5.91. The van der Waals surface area contributed by atoms with E-state index in [1.165, 1.54) is 21.6 Å². The second kappa shape index (κ2) is 8.94. The Morgan fingerprint density at radius 1 is 1.06 bits per heavy atom. The van der Waals surface area contributed by atoms with E-state index in [0.29, 0.717) is 10.6 Å². The van der Waals surface area contributed by atoms with Crippen molar-refractivity contribution >= 4 is 17.7 Å². The van der Waals surface area contributed by atoms with Crippen LogP contribution in [0.5, 0.6) is 0 Å². The first kappa shape index (κ1) is 22.6. The van der Waals surface area contributed by atoms with Crippen molar-refractivity contribution in [1.82, 2.24) is 9.47 Å². The summed E-state index contributed by atoms with van der Waals surface area (Å²) in [6.07, 6.45) is 0.711. The number of nitrogens with zero attached hydrogens (tertiary/aromatic N) is 2. The standard InChI is InChI=1S/C24H24ClFN2O3/c1-24(2,3)28(23(30)31)13-16-4-6-17(7-5-16)18-9-11-22(29)27(14-18)15-19-8-10-20(25)12-21(19)26/h4-12,14H,13,15H2,1-3H3,(H,30,31). The van der Waals surface area contributed by atoms with Gasteiger partial charge >= 0.3 is 6.09 Å². The van der Waals surface area contributed by atoms with Crippen LogP contribution in [0.1, 0.15) is 31.9 Å². The van der Waals surface area contributed by atoms with Gasteiger partial charge in [-0.2, -0.15) is 0 Å². The Morgan fingerprint density at radius 2 is 1.71 bits per heavy atom. The fraction of sp³-hybridized carbons (Fsp3) is 0.250. The highest BCUT2D eigenvalue weighted by Crippen LogP contribution is 2.22. The number of rotatable bonds is 5. The molecule has 0 fully saturated rings. The van der Waals surface area contributed by atoms with E-state index in [0.717, 1.165) is 16.7 Å². The van der Waals surface area contributed by atoms with Crippen molar-refractivity contribution in [1.29, 1.82) is 0 Å². The minimum absolute atomic E-state index is 0.0902. The third-order valence-corrected chi connectivity index (χ3v) is 5.24. The molecule has 0 saturated heterocycles. The quantitative estimate of drug-likeness (QED) is 0.556. The van der Waals surface area contributed by atoms with Crippen LogP contribution in [0.4, 0.5) is 9.18 Å². The predicted octanol–water partition coefficient (Wildman–Crippen LogP) is 5.63. The van der Waals surface area contributed by atoms with E-state index in [4.69, 9.17) is 11.6 Å². The zero-order valence-electron chi connectivity index (χ0n) is 17.6. The maximum absolute atomic E-state index is 14.1. The normalized spacial score (nSPS) is 11.4. The highest BCUT2D eigenvalue weighted by molar-refractivity contribution is 6.30. The molecule has 1 amide bonds. The lowest BCUT2D eigenvalue weighted by molar-refractivity contribution is 0.0955. The minimum atomic E-state index is -0.974. The van der Waals surface area contributed by atoms with Crippen molar-refractivity contribution in [3.63, 3.8) is 0 Å². The van der Waals surface area contributed by atoms with Gasteiger partial charge in [0.05, 0.1) is 6.54 Å². The molecular formula is C24H24ClFN2O3. The van der Waals surface area contributed by atoms with Crippen molar-refractivity contribution in [2.75, 3.05) is 0 Å². The van der Waals surface area contributed by atoms with Gasteiger partial charge in [-0.25, -0.2) is 9.18 Å². The molecule has 5 nitrogen and oxygen atoms in total. The van der Waals surface area contributed by atoms with Crippen molar-refractivity contribution in [3.8, 4) is 11.1 Å². The van der Waals surface area contributed by atoms with E-state index in [9.17, 15) is 19.1 Å². The molecule has 2 aromatic carbocycles. The number of amides is 1. The minimum Gasteiger partial charge on any atom is -0.465 e. The van der Waals surface area contributed by atoms with Gasteiger partial charge in [-0.15, -0.1) is 0 Å². The smallest absolute Gasteiger partial charge is 0.408 e. The van der Waals surface area contributed by atoms with Crippen LogP contribution in [0, 0.1) is 5.82 Å². The third-order valence-electron chi connectivity index (χ3n) is 5.01. The second-order valence-electron chi connectivity index (χ2n) is 8.36. The highest BCUT2D eigenvalue weighted by Gasteiger charge is 2.26. The fourth-order valence-electron chi connectivity index (χ4n) is 3.24. The summed E-state index contributed by atoms with van der Waals surface area (Å²) >= 11 is 5.80. The molecule has 162 valence electrons. The second-order valence-corrected chi connectivity index (χ2v) is 8.79. The number of halogens is 2. The highest BCUT2D eigenvalue weighted by atomic mass is 35.5. The lowest BCUT2D eigenvalue weighted by atomic mass is 10.0. The molecule has 0 bridgehead atoms. The number of hydrogen-bond donors (Lipinski definition) is 1. The SMILES string of the molecule is CC(C)(C)N(Cc1ccc(-c2ccc(=O)n(Cc3ccc(Cl)cc3F)c2)cc1)C(=O)O. The van der Waals surface area contributed by atoms with Crippen LogP contribution in [-0.4, -0.2) is 26.2 Å². The van der Waals surface area contributed by atoms with E-state index in [-0.39, 0.29) is 18.6 Å². The van der Waals surface area contributed by atoms with Gasteiger partial charge in [0.15, 0.2) is 0 Å². The van der Waals surface area contributed by atoms with Crippen LogP contribution in [0.25, 0.3) is 11.1 Å². The van der Waals surface area contributed by atoms with Crippen LogP contribution in [0.3, 0.4) is 0 Å². The van der Waals surface area contributed by atoms with Crippen LogP contribution in [0.2, 0.25) is 5.02 Å². The summed E-state index contributed by atoms with van der Waals surface area (Å²) in [6, 6.07) is 15.0. The number of carboxylic acid groups (broad SMARTS) is 1. The fourth-order valence-corrected chi connectivity index (χ4v) is 3.39. The Labute approximate surface area is 185 Å². The molecule has 0 aliphatic rings. The summed E-state index contributed by atoms with van der Waals surface area (Å²) in [5.74, 6) is -0.462. The topological polar surface area (TPSA) is 62.5 Å². The Hall–Kier alpha value is -3.12. The molecule has 7 heteroatoms. The first-order valence-electron chi connectivity index (χ1n) is 9.79. The van der Waals surface area contributed by atoms with Crippen LogP contribution >= 0.6 is 11.6 Å². The Balaban J connectivity index is 1.84. The van der Waals surface area contributed by atoms with Crippen molar-refractivity contribution in [3.05, 3.63) is 93.1 Å². The predicted molar refractivity (Wildman–Crippen MR) is 120 cm³/mol. The van der Waals surface area contributed by atoms with Crippen molar-refractivity contribution in [2.45, 2.75) is 39.4 Å². The van der Waals surface area contributed by atoms with Gasteiger partial charge < -0.3 is 9.67 Å². The number of carbonyl (C=O) groups is 1. The molecule has 31 heavy (non-hydrogen) atoms. The number of aromatic nitrogens is 1. The Bertz CT molecular complexity index is 1150. The Morgan fingerprint density at radius 3 is 2.29 bits per heavy atom. The summed E-state index contributed by atoms with van der Waals surface area (Å²) in [5.41, 5.74) is 2.14. The average Bonchev–Trinajstić information content (AvgIpc) is 2.69. The van der Waals surface area contributed by atoms with E-state index < -0.39 is 17.4 Å². The summed E-state index contributed by atoms with van der Waals surface area (Å²) < 4.78 is 15.6. The molecular weight excluding hydrogens is 419 g/mol. The van der Waals surface area contributed by atoms with E-state index in [2.05, 4.69) is 0 Å². The zero-order chi connectivity index (χ0) is 22.8. The average molecular weight is 443 g/mol. The van der Waals surface area contributed by atoms with Crippen molar-refractivity contribution < 1.29 is 14.3 Å². The molecule has 0 saturated carbocycles. The maximum atomic E-state index is 14.1. The summed E-state index contributed by atoms with van der Waals surface area (Å²) in [7, 11) is 0. The molecule has 1 N–H and O–H groups in total. The molecule has 3 rings (SSSR count). The monoisotopic (exact) mass is 442 g/mol. The van der Waals surface area contributed by atoms with E-state index >= 15 is 0 Å². The molecule has 0 radical (unpaired) electrons. The van der Waals surface area contributed by atoms with Gasteiger partial charge in [-0.1, -0.05) is 41.9 Å². The molecule has 1 aromatic heterocycles. The number of hydrogen-bond acceptors (Lipinski definition) is 2. The number of pyridine rings is 1. The molecule has 1 heterocycles. The molecule has 0 aliphatic carbocycles.